The molecular weight excluding hydrogens is 513 g/mol. The number of β-amino-alcohol motifs (C(OH)–C–C–N with tert-alkyl or cyclic N) is 1. The quantitative estimate of drug-likeness (QED) is 0.453. The van der Waals surface area contributed by atoms with Gasteiger partial charge in [0.1, 0.15) is 29.8 Å². The average Bonchev–Trinajstić information content (AvgIpc) is 3.76. The van der Waals surface area contributed by atoms with Crippen LogP contribution in [0.3, 0.4) is 0 Å². The fourth-order valence-electron chi connectivity index (χ4n) is 4.58. The van der Waals surface area contributed by atoms with Gasteiger partial charge in [-0.05, 0) is 49.2 Å². The van der Waals surface area contributed by atoms with Gasteiger partial charge in [0, 0.05) is 50.3 Å². The van der Waals surface area contributed by atoms with E-state index in [-0.39, 0.29) is 28.6 Å². The fourth-order valence-corrected chi connectivity index (χ4v) is 4.73. The molecule has 2 N–H and O–H groups in total. The monoisotopic (exact) mass is 539 g/mol. The molecule has 3 aromatic rings. The summed E-state index contributed by atoms with van der Waals surface area (Å²) in [7, 11) is 0. The minimum Gasteiger partial charge on any atom is -0.491 e. The first-order valence-corrected chi connectivity index (χ1v) is 12.8. The number of hydrogen-bond acceptors (Lipinski definition) is 7. The predicted octanol–water partition coefficient (Wildman–Crippen LogP) is 2.70. The van der Waals surface area contributed by atoms with Gasteiger partial charge < -0.3 is 14.4 Å². The molecule has 2 heterocycles. The number of hydrogen-bond donors (Lipinski definition) is 2. The first kappa shape index (κ1) is 26.1. The van der Waals surface area contributed by atoms with E-state index >= 15 is 0 Å². The molecule has 11 heteroatoms. The van der Waals surface area contributed by atoms with Crippen molar-refractivity contribution in [2.24, 2.45) is 0 Å². The molecule has 0 radical (unpaired) electrons. The number of aromatic nitrogens is 1. The van der Waals surface area contributed by atoms with Gasteiger partial charge in [-0.15, -0.1) is 0 Å². The number of nitriles is 1. The van der Waals surface area contributed by atoms with Gasteiger partial charge in [-0.1, -0.05) is 11.6 Å². The van der Waals surface area contributed by atoms with Gasteiger partial charge in [0.05, 0.1) is 22.2 Å². The second-order valence-corrected chi connectivity index (χ2v) is 10.0. The van der Waals surface area contributed by atoms with Gasteiger partial charge in [-0.2, -0.15) is 5.26 Å². The van der Waals surface area contributed by atoms with Crippen LogP contribution in [-0.2, 0) is 0 Å². The zero-order valence-electron chi connectivity index (χ0n) is 20.6. The van der Waals surface area contributed by atoms with Crippen molar-refractivity contribution in [3.63, 3.8) is 0 Å². The molecule has 1 saturated carbocycles. The third-order valence-electron chi connectivity index (χ3n) is 6.79. The maximum atomic E-state index is 14.1. The summed E-state index contributed by atoms with van der Waals surface area (Å²) in [5.41, 5.74) is 3.30. The van der Waals surface area contributed by atoms with E-state index in [0.717, 1.165) is 18.9 Å². The number of benzene rings is 2. The first-order valence-electron chi connectivity index (χ1n) is 12.5. The van der Waals surface area contributed by atoms with Gasteiger partial charge >= 0.3 is 0 Å². The Morgan fingerprint density at radius 3 is 2.58 bits per heavy atom. The van der Waals surface area contributed by atoms with Crippen molar-refractivity contribution in [1.29, 1.82) is 5.26 Å². The molecule has 9 nitrogen and oxygen atoms in total. The van der Waals surface area contributed by atoms with E-state index in [0.29, 0.717) is 49.6 Å². The fraction of sp³-hybridized carbons (Fsp3) is 0.370. The summed E-state index contributed by atoms with van der Waals surface area (Å²) >= 11 is 5.95. The summed E-state index contributed by atoms with van der Waals surface area (Å²) in [5.74, 6) is -0.654. The van der Waals surface area contributed by atoms with Gasteiger partial charge in [0.2, 0.25) is 5.43 Å². The molecule has 1 aliphatic heterocycles. The molecule has 0 spiro atoms. The Labute approximate surface area is 223 Å². The molecule has 0 bridgehead atoms. The van der Waals surface area contributed by atoms with Crippen LogP contribution >= 0.6 is 11.6 Å². The number of aliphatic hydroxyl groups is 1. The van der Waals surface area contributed by atoms with Crippen molar-refractivity contribution in [1.82, 2.24) is 19.9 Å². The number of hydrazine groups is 1. The SMILES string of the molecule is N#Cc1ccc(OC[C@@H](O)CN2CCN(NC(=O)c3cn(C4CC4)c4cc(Cl)c(F)cc4c3=O)CC2)cc1. The summed E-state index contributed by atoms with van der Waals surface area (Å²) < 4.78 is 21.6. The van der Waals surface area contributed by atoms with E-state index in [4.69, 9.17) is 21.6 Å². The number of pyridine rings is 1. The zero-order chi connectivity index (χ0) is 26.8. The maximum Gasteiger partial charge on any atom is 0.271 e. The number of nitrogens with zero attached hydrogens (tertiary/aromatic N) is 4. The van der Waals surface area contributed by atoms with Crippen molar-refractivity contribution in [2.75, 3.05) is 39.3 Å². The molecular formula is C27H27ClFN5O4. The smallest absolute Gasteiger partial charge is 0.271 e. The molecule has 5 rings (SSSR count). The first-order chi connectivity index (χ1) is 18.3. The number of rotatable bonds is 8. The normalized spacial score (nSPS) is 17.2. The van der Waals surface area contributed by atoms with E-state index in [1.54, 1.807) is 35.5 Å². The van der Waals surface area contributed by atoms with Crippen LogP contribution in [0.5, 0.6) is 5.75 Å². The van der Waals surface area contributed by atoms with Crippen LogP contribution in [0.2, 0.25) is 5.02 Å². The summed E-state index contributed by atoms with van der Waals surface area (Å²) in [6.45, 7) is 2.73. The lowest BCUT2D eigenvalue weighted by molar-refractivity contribution is 0.0316. The average molecular weight is 540 g/mol. The lowest BCUT2D eigenvalue weighted by Gasteiger charge is -2.35. The Balaban J connectivity index is 1.16. The molecule has 1 atom stereocenters. The van der Waals surface area contributed by atoms with E-state index in [9.17, 15) is 19.1 Å². The van der Waals surface area contributed by atoms with E-state index in [1.807, 2.05) is 10.6 Å². The Morgan fingerprint density at radius 1 is 1.21 bits per heavy atom. The summed E-state index contributed by atoms with van der Waals surface area (Å²) in [5, 5.41) is 21.1. The van der Waals surface area contributed by atoms with Crippen LogP contribution in [-0.4, -0.2) is 70.9 Å². The van der Waals surface area contributed by atoms with E-state index in [1.165, 1.54) is 6.07 Å². The van der Waals surface area contributed by atoms with Crippen LogP contribution in [0.25, 0.3) is 10.9 Å². The number of carbonyl (C=O) groups is 1. The molecule has 1 saturated heterocycles. The number of amides is 1. The number of piperazine rings is 1. The Morgan fingerprint density at radius 2 is 1.92 bits per heavy atom. The Kier molecular flexibility index (Phi) is 7.63. The molecule has 1 aromatic heterocycles. The van der Waals surface area contributed by atoms with Crippen molar-refractivity contribution >= 4 is 28.4 Å². The van der Waals surface area contributed by atoms with Gasteiger partial charge in [0.15, 0.2) is 0 Å². The van der Waals surface area contributed by atoms with Crippen LogP contribution in [0.15, 0.2) is 47.4 Å². The Hall–Kier alpha value is -3.49. The largest absolute Gasteiger partial charge is 0.491 e. The van der Waals surface area contributed by atoms with Crippen LogP contribution in [0, 0.1) is 17.1 Å². The Bertz CT molecular complexity index is 1440. The molecule has 38 heavy (non-hydrogen) atoms. The highest BCUT2D eigenvalue weighted by atomic mass is 35.5. The molecule has 2 aliphatic rings. The maximum absolute atomic E-state index is 14.1. The number of fused-ring (bicyclic) bond motifs is 1. The molecule has 2 fully saturated rings. The second-order valence-electron chi connectivity index (χ2n) is 9.62. The third-order valence-corrected chi connectivity index (χ3v) is 7.08. The molecule has 1 aliphatic carbocycles. The molecule has 0 unspecified atom stereocenters. The number of nitrogens with one attached hydrogen (secondary N) is 1. The predicted molar refractivity (Wildman–Crippen MR) is 140 cm³/mol. The summed E-state index contributed by atoms with van der Waals surface area (Å²) in [4.78, 5) is 28.2. The number of halogens is 2. The molecule has 2 aromatic carbocycles. The summed E-state index contributed by atoms with van der Waals surface area (Å²) in [6.07, 6.45) is 2.67. The number of ether oxygens (including phenoxy) is 1. The van der Waals surface area contributed by atoms with Gasteiger partial charge in [-0.3, -0.25) is 19.9 Å². The van der Waals surface area contributed by atoms with Crippen molar-refractivity contribution in [3.05, 3.63) is 74.8 Å². The summed E-state index contributed by atoms with van der Waals surface area (Å²) in [6, 6.07) is 11.4. The third kappa shape index (κ3) is 5.81. The van der Waals surface area contributed by atoms with Crippen LogP contribution in [0.4, 0.5) is 4.39 Å². The molecule has 1 amide bonds. The van der Waals surface area contributed by atoms with Crippen LogP contribution < -0.4 is 15.6 Å². The van der Waals surface area contributed by atoms with Crippen LogP contribution in [0.1, 0.15) is 34.8 Å². The van der Waals surface area contributed by atoms with E-state index in [2.05, 4.69) is 10.3 Å². The van der Waals surface area contributed by atoms with Gasteiger partial charge in [0.25, 0.3) is 5.91 Å². The van der Waals surface area contributed by atoms with Crippen molar-refractivity contribution < 1.29 is 19.0 Å². The molecule has 198 valence electrons. The second kappa shape index (κ2) is 11.1. The van der Waals surface area contributed by atoms with Crippen molar-refractivity contribution in [2.45, 2.75) is 25.0 Å². The minimum atomic E-state index is -0.709. The van der Waals surface area contributed by atoms with Gasteiger partial charge in [-0.25, -0.2) is 9.40 Å². The topological polar surface area (TPSA) is 111 Å². The van der Waals surface area contributed by atoms with Crippen molar-refractivity contribution in [3.8, 4) is 11.8 Å². The highest BCUT2D eigenvalue weighted by Crippen LogP contribution is 2.37. The number of aliphatic hydroxyl groups excluding tert-OH is 1. The lowest BCUT2D eigenvalue weighted by atomic mass is 10.1. The highest BCUT2D eigenvalue weighted by Gasteiger charge is 2.28. The minimum absolute atomic E-state index is 0.0380. The van der Waals surface area contributed by atoms with E-state index < -0.39 is 23.3 Å². The lowest BCUT2D eigenvalue weighted by Crippen LogP contribution is -2.55. The standard InChI is InChI=1S/C27H27ClFN5O4/c28-23-12-25-21(11-24(23)29)26(36)22(15-34(25)18-3-4-18)27(37)31-33-9-7-32(8-10-33)14-19(35)16-38-20-5-1-17(13-30)2-6-20/h1-2,5-6,11-12,15,18-19,35H,3-4,7-10,14,16H2,(H,31,37)/t19-/m0/s1. The number of carbonyl (C=O) groups excluding carboxylic acids is 1. The zero-order valence-corrected chi connectivity index (χ0v) is 21.3. The highest BCUT2D eigenvalue weighted by molar-refractivity contribution is 6.31.